The van der Waals surface area contributed by atoms with E-state index in [1.807, 2.05) is 13.0 Å². The lowest BCUT2D eigenvalue weighted by molar-refractivity contribution is -0.131. The lowest BCUT2D eigenvalue weighted by atomic mass is 9.97. The molecule has 0 aliphatic rings. The minimum Gasteiger partial charge on any atom is -0.478 e. The Morgan fingerprint density at radius 3 is 2.32 bits per heavy atom. The van der Waals surface area contributed by atoms with E-state index in [1.165, 1.54) is 38.2 Å². The molecule has 0 bridgehead atoms. The lowest BCUT2D eigenvalue weighted by Gasteiger charge is -2.09. The molecule has 1 atom stereocenters. The average Bonchev–Trinajstić information content (AvgIpc) is 2.27. The van der Waals surface area contributed by atoms with Crippen molar-refractivity contribution in [3.63, 3.8) is 0 Å². The van der Waals surface area contributed by atoms with Gasteiger partial charge in [-0.2, -0.15) is 0 Å². The molecule has 0 amide bonds. The van der Waals surface area contributed by atoms with Crippen LogP contribution >= 0.6 is 0 Å². The maximum absolute atomic E-state index is 10.4. The molecular weight excluding hydrogens is 236 g/mol. The summed E-state index contributed by atoms with van der Waals surface area (Å²) in [6.45, 7) is 8.64. The van der Waals surface area contributed by atoms with Crippen molar-refractivity contribution in [2.75, 3.05) is 0 Å². The van der Waals surface area contributed by atoms with E-state index >= 15 is 0 Å². The minimum atomic E-state index is -0.875. The predicted octanol–water partition coefficient (Wildman–Crippen LogP) is 5.21. The molecule has 0 spiro atoms. The number of carbonyl (C=O) groups is 1. The quantitative estimate of drug-likeness (QED) is 0.335. The van der Waals surface area contributed by atoms with E-state index in [2.05, 4.69) is 26.8 Å². The highest BCUT2D eigenvalue weighted by atomic mass is 16.4. The van der Waals surface area contributed by atoms with E-state index in [-0.39, 0.29) is 0 Å². The fourth-order valence-corrected chi connectivity index (χ4v) is 2.07. The molecule has 19 heavy (non-hydrogen) atoms. The Kier molecular flexibility index (Phi) is 10.2. The second kappa shape index (κ2) is 10.8. The van der Waals surface area contributed by atoms with Crippen molar-refractivity contribution in [2.24, 2.45) is 11.8 Å². The summed E-state index contributed by atoms with van der Waals surface area (Å²) in [6, 6.07) is 0. The third kappa shape index (κ3) is 13.2. The predicted molar refractivity (Wildman–Crippen MR) is 82.2 cm³/mol. The van der Waals surface area contributed by atoms with Gasteiger partial charge in [-0.15, -0.1) is 0 Å². The van der Waals surface area contributed by atoms with E-state index < -0.39 is 5.97 Å². The molecule has 0 heterocycles. The molecule has 0 aromatic rings. The summed E-state index contributed by atoms with van der Waals surface area (Å²) in [4.78, 5) is 10.4. The van der Waals surface area contributed by atoms with Gasteiger partial charge in [0.05, 0.1) is 0 Å². The highest BCUT2D eigenvalue weighted by molar-refractivity contribution is 5.81. The van der Waals surface area contributed by atoms with Gasteiger partial charge in [0.15, 0.2) is 0 Å². The minimum absolute atomic E-state index is 0.688. The van der Waals surface area contributed by atoms with Crippen molar-refractivity contribution in [1.29, 1.82) is 0 Å². The monoisotopic (exact) mass is 266 g/mol. The Morgan fingerprint density at radius 1 is 1.11 bits per heavy atom. The average molecular weight is 266 g/mol. The third-order valence-corrected chi connectivity index (χ3v) is 3.25. The van der Waals surface area contributed by atoms with Crippen LogP contribution in [0.2, 0.25) is 0 Å². The summed E-state index contributed by atoms with van der Waals surface area (Å²) >= 11 is 0. The van der Waals surface area contributed by atoms with Gasteiger partial charge in [-0.1, -0.05) is 65.0 Å². The molecular formula is C17H30O2. The standard InChI is InChI=1S/C17H30O2/c1-14(2)9-6-5-7-10-15(3)11-8-12-16(4)13-17(18)19/h8,12-15H,5-7,9-11H2,1-4H3,(H,18,19)/b12-8+,16-13+. The molecule has 2 heteroatoms. The van der Waals surface area contributed by atoms with Crippen molar-refractivity contribution < 1.29 is 9.90 Å². The number of aliphatic carboxylic acids is 1. The first-order valence-electron chi connectivity index (χ1n) is 7.49. The Morgan fingerprint density at radius 2 is 1.74 bits per heavy atom. The van der Waals surface area contributed by atoms with E-state index in [4.69, 9.17) is 5.11 Å². The van der Waals surface area contributed by atoms with Crippen molar-refractivity contribution in [1.82, 2.24) is 0 Å². The molecule has 0 fully saturated rings. The SMILES string of the molecule is CC(/C=C/CC(C)CCCCCC(C)C)=C\C(=O)O. The topological polar surface area (TPSA) is 37.3 Å². The van der Waals surface area contributed by atoms with Gasteiger partial charge in [-0.3, -0.25) is 0 Å². The largest absolute Gasteiger partial charge is 0.478 e. The Bertz CT molecular complexity index is 300. The van der Waals surface area contributed by atoms with E-state index in [0.29, 0.717) is 5.92 Å². The van der Waals surface area contributed by atoms with E-state index in [1.54, 1.807) is 0 Å². The number of unbranched alkanes of at least 4 members (excludes halogenated alkanes) is 2. The Balaban J connectivity index is 3.67. The summed E-state index contributed by atoms with van der Waals surface area (Å²) < 4.78 is 0. The fraction of sp³-hybridized carbons (Fsp3) is 0.706. The van der Waals surface area contributed by atoms with Crippen LogP contribution in [0.15, 0.2) is 23.8 Å². The van der Waals surface area contributed by atoms with Gasteiger partial charge in [0.1, 0.15) is 0 Å². The second-order valence-electron chi connectivity index (χ2n) is 6.00. The van der Waals surface area contributed by atoms with Crippen molar-refractivity contribution >= 4 is 5.97 Å². The number of carboxylic acids is 1. The zero-order chi connectivity index (χ0) is 14.7. The maximum atomic E-state index is 10.4. The maximum Gasteiger partial charge on any atom is 0.328 e. The number of allylic oxidation sites excluding steroid dienone is 3. The first-order valence-corrected chi connectivity index (χ1v) is 7.49. The summed E-state index contributed by atoms with van der Waals surface area (Å²) in [6.07, 6.45) is 12.9. The van der Waals surface area contributed by atoms with Crippen molar-refractivity contribution in [3.05, 3.63) is 23.8 Å². The molecule has 0 aromatic carbocycles. The van der Waals surface area contributed by atoms with Crippen LogP contribution < -0.4 is 0 Å². The van der Waals surface area contributed by atoms with Gasteiger partial charge in [-0.05, 0) is 30.8 Å². The summed E-state index contributed by atoms with van der Waals surface area (Å²) in [7, 11) is 0. The molecule has 110 valence electrons. The number of rotatable bonds is 10. The van der Waals surface area contributed by atoms with Gasteiger partial charge < -0.3 is 5.11 Å². The smallest absolute Gasteiger partial charge is 0.328 e. The Hall–Kier alpha value is -1.05. The molecule has 1 N–H and O–H groups in total. The molecule has 0 aromatic heterocycles. The van der Waals surface area contributed by atoms with Crippen LogP contribution in [0.5, 0.6) is 0 Å². The molecule has 0 rings (SSSR count). The molecule has 0 saturated carbocycles. The van der Waals surface area contributed by atoms with Crippen LogP contribution in [-0.4, -0.2) is 11.1 Å². The summed E-state index contributed by atoms with van der Waals surface area (Å²) in [5, 5.41) is 8.59. The van der Waals surface area contributed by atoms with Gasteiger partial charge in [-0.25, -0.2) is 4.79 Å². The first kappa shape index (κ1) is 17.9. The van der Waals surface area contributed by atoms with Crippen molar-refractivity contribution in [2.45, 2.75) is 66.2 Å². The Labute approximate surface area is 118 Å². The molecule has 0 aliphatic heterocycles. The number of hydrogen-bond donors (Lipinski definition) is 1. The van der Waals surface area contributed by atoms with Crippen LogP contribution in [0.4, 0.5) is 0 Å². The van der Waals surface area contributed by atoms with Crippen LogP contribution in [0.3, 0.4) is 0 Å². The number of hydrogen-bond acceptors (Lipinski definition) is 1. The highest BCUT2D eigenvalue weighted by Crippen LogP contribution is 2.16. The van der Waals surface area contributed by atoms with E-state index in [0.717, 1.165) is 17.9 Å². The zero-order valence-corrected chi connectivity index (χ0v) is 13.0. The first-order chi connectivity index (χ1) is 8.91. The highest BCUT2D eigenvalue weighted by Gasteiger charge is 2.00. The van der Waals surface area contributed by atoms with Crippen molar-refractivity contribution in [3.8, 4) is 0 Å². The molecule has 2 nitrogen and oxygen atoms in total. The van der Waals surface area contributed by atoms with Gasteiger partial charge in [0.2, 0.25) is 0 Å². The fourth-order valence-electron chi connectivity index (χ4n) is 2.07. The van der Waals surface area contributed by atoms with Crippen LogP contribution in [0.1, 0.15) is 66.2 Å². The number of carboxylic acid groups (broad SMARTS) is 1. The normalized spacial score (nSPS) is 14.3. The van der Waals surface area contributed by atoms with Crippen LogP contribution in [-0.2, 0) is 4.79 Å². The van der Waals surface area contributed by atoms with E-state index in [9.17, 15) is 4.79 Å². The molecule has 0 radical (unpaired) electrons. The molecule has 0 saturated heterocycles. The molecule has 0 aliphatic carbocycles. The van der Waals surface area contributed by atoms with Crippen LogP contribution in [0, 0.1) is 11.8 Å². The van der Waals surface area contributed by atoms with Crippen LogP contribution in [0.25, 0.3) is 0 Å². The second-order valence-corrected chi connectivity index (χ2v) is 6.00. The van der Waals surface area contributed by atoms with Gasteiger partial charge >= 0.3 is 5.97 Å². The summed E-state index contributed by atoms with van der Waals surface area (Å²) in [5.41, 5.74) is 0.802. The van der Waals surface area contributed by atoms with Gasteiger partial charge in [0, 0.05) is 6.08 Å². The molecule has 1 unspecified atom stereocenters. The lowest BCUT2D eigenvalue weighted by Crippen LogP contribution is -1.94. The summed E-state index contributed by atoms with van der Waals surface area (Å²) in [5.74, 6) is 0.637. The van der Waals surface area contributed by atoms with Gasteiger partial charge in [0.25, 0.3) is 0 Å². The third-order valence-electron chi connectivity index (χ3n) is 3.25. The zero-order valence-electron chi connectivity index (χ0n) is 13.0.